The summed E-state index contributed by atoms with van der Waals surface area (Å²) < 4.78 is 0. The van der Waals surface area contributed by atoms with Crippen LogP contribution in [0.15, 0.2) is 48.8 Å². The Balaban J connectivity index is 1.31. The average Bonchev–Trinajstić information content (AvgIpc) is 2.68. The minimum Gasteiger partial charge on any atom is -0.341 e. The number of hydrogen-bond donors (Lipinski definition) is 2. The maximum absolute atomic E-state index is 11.9. The Morgan fingerprint density at radius 2 is 1.76 bits per heavy atom. The first-order valence-electron chi connectivity index (χ1n) is 8.89. The molecule has 0 bridgehead atoms. The molecule has 0 unspecified atom stereocenters. The molecule has 25 heavy (non-hydrogen) atoms. The van der Waals surface area contributed by atoms with Crippen molar-refractivity contribution in [3.05, 3.63) is 54.4 Å². The van der Waals surface area contributed by atoms with E-state index in [9.17, 15) is 4.79 Å². The number of aromatic nitrogens is 2. The van der Waals surface area contributed by atoms with E-state index in [1.54, 1.807) is 12.4 Å². The van der Waals surface area contributed by atoms with E-state index >= 15 is 0 Å². The summed E-state index contributed by atoms with van der Waals surface area (Å²) in [5, 5.41) is 5.92. The summed E-state index contributed by atoms with van der Waals surface area (Å²) in [7, 11) is 0. The first-order valence-corrected chi connectivity index (χ1v) is 8.89. The number of benzene rings is 1. The Hall–Kier alpha value is -2.63. The first-order chi connectivity index (χ1) is 12.3. The lowest BCUT2D eigenvalue weighted by Crippen LogP contribution is -2.42. The van der Waals surface area contributed by atoms with Crippen LogP contribution in [0.25, 0.3) is 0 Å². The number of nitrogens with one attached hydrogen (secondary N) is 2. The van der Waals surface area contributed by atoms with Crippen molar-refractivity contribution in [3.8, 4) is 0 Å². The van der Waals surface area contributed by atoms with Crippen molar-refractivity contribution in [1.29, 1.82) is 0 Å². The molecule has 1 aromatic heterocycles. The predicted octanol–water partition coefficient (Wildman–Crippen LogP) is 2.23. The zero-order valence-electron chi connectivity index (χ0n) is 14.4. The summed E-state index contributed by atoms with van der Waals surface area (Å²) in [5.74, 6) is 1.31. The fraction of sp³-hybridized carbons (Fsp3) is 0.421. The molecule has 132 valence electrons. The van der Waals surface area contributed by atoms with Gasteiger partial charge in [0.2, 0.25) is 5.95 Å². The average molecular weight is 339 g/mol. The van der Waals surface area contributed by atoms with Gasteiger partial charge in [-0.3, -0.25) is 0 Å². The van der Waals surface area contributed by atoms with E-state index in [4.69, 9.17) is 0 Å². The standard InChI is InChI=1S/C19H25N5O/c25-19(22-12-7-16-5-2-1-3-6-16)23-15-17-8-13-24(14-9-17)18-20-10-4-11-21-18/h1-6,10-11,17H,7-9,12-15H2,(H2,22,23,25). The molecule has 0 aliphatic carbocycles. The van der Waals surface area contributed by atoms with Crippen LogP contribution in [0.5, 0.6) is 0 Å². The van der Waals surface area contributed by atoms with Crippen LogP contribution in [0, 0.1) is 5.92 Å². The molecule has 3 rings (SSSR count). The largest absolute Gasteiger partial charge is 0.341 e. The summed E-state index contributed by atoms with van der Waals surface area (Å²) in [6.45, 7) is 3.25. The fourth-order valence-electron chi connectivity index (χ4n) is 3.06. The van der Waals surface area contributed by atoms with E-state index in [2.05, 4.69) is 37.6 Å². The zero-order valence-corrected chi connectivity index (χ0v) is 14.4. The van der Waals surface area contributed by atoms with Gasteiger partial charge in [0.1, 0.15) is 0 Å². The Morgan fingerprint density at radius 3 is 2.48 bits per heavy atom. The van der Waals surface area contributed by atoms with E-state index in [0.29, 0.717) is 12.5 Å². The molecule has 1 fully saturated rings. The molecule has 1 aromatic carbocycles. The highest BCUT2D eigenvalue weighted by Crippen LogP contribution is 2.19. The molecule has 0 spiro atoms. The molecule has 0 atom stereocenters. The van der Waals surface area contributed by atoms with E-state index in [0.717, 1.165) is 44.8 Å². The fourth-order valence-corrected chi connectivity index (χ4v) is 3.06. The summed E-state index contributed by atoms with van der Waals surface area (Å²) in [6.07, 6.45) is 6.49. The van der Waals surface area contributed by atoms with Gasteiger partial charge in [-0.2, -0.15) is 0 Å². The van der Waals surface area contributed by atoms with Crippen LogP contribution < -0.4 is 15.5 Å². The van der Waals surface area contributed by atoms with Gasteiger partial charge in [0.25, 0.3) is 0 Å². The van der Waals surface area contributed by atoms with Crippen LogP contribution in [0.3, 0.4) is 0 Å². The van der Waals surface area contributed by atoms with E-state index in [-0.39, 0.29) is 6.03 Å². The summed E-state index contributed by atoms with van der Waals surface area (Å²) in [6, 6.07) is 11.9. The molecule has 6 nitrogen and oxygen atoms in total. The number of nitrogens with zero attached hydrogens (tertiary/aromatic N) is 3. The molecule has 1 aliphatic heterocycles. The van der Waals surface area contributed by atoms with Crippen LogP contribution in [-0.2, 0) is 6.42 Å². The number of carbonyl (C=O) groups excluding carboxylic acids is 1. The first kappa shape index (κ1) is 17.2. The normalized spacial score (nSPS) is 15.0. The molecule has 1 saturated heterocycles. The van der Waals surface area contributed by atoms with Crippen molar-refractivity contribution < 1.29 is 4.79 Å². The molecule has 1 aliphatic rings. The minimum absolute atomic E-state index is 0.0789. The maximum atomic E-state index is 11.9. The Kier molecular flexibility index (Phi) is 6.20. The lowest BCUT2D eigenvalue weighted by Gasteiger charge is -2.31. The minimum atomic E-state index is -0.0789. The van der Waals surface area contributed by atoms with Crippen LogP contribution in [0.4, 0.5) is 10.7 Å². The third-order valence-corrected chi connectivity index (χ3v) is 4.54. The van der Waals surface area contributed by atoms with Gasteiger partial charge in [-0.15, -0.1) is 0 Å². The quantitative estimate of drug-likeness (QED) is 0.847. The summed E-state index contributed by atoms with van der Waals surface area (Å²) in [5.41, 5.74) is 1.23. The van der Waals surface area contributed by atoms with E-state index in [1.165, 1.54) is 5.56 Å². The van der Waals surface area contributed by atoms with E-state index < -0.39 is 0 Å². The van der Waals surface area contributed by atoms with Crippen molar-refractivity contribution in [2.45, 2.75) is 19.3 Å². The zero-order chi connectivity index (χ0) is 17.3. The number of carbonyl (C=O) groups is 1. The van der Waals surface area contributed by atoms with Crippen LogP contribution in [0.1, 0.15) is 18.4 Å². The van der Waals surface area contributed by atoms with Crippen molar-refractivity contribution >= 4 is 12.0 Å². The number of amides is 2. The van der Waals surface area contributed by atoms with Gasteiger partial charge < -0.3 is 15.5 Å². The van der Waals surface area contributed by atoms with Gasteiger partial charge in [-0.05, 0) is 36.8 Å². The SMILES string of the molecule is O=C(NCCc1ccccc1)NCC1CCN(c2ncccn2)CC1. The number of anilines is 1. The third-order valence-electron chi connectivity index (χ3n) is 4.54. The molecular formula is C19H25N5O. The van der Waals surface area contributed by atoms with Gasteiger partial charge in [0, 0.05) is 38.6 Å². The lowest BCUT2D eigenvalue weighted by molar-refractivity contribution is 0.237. The number of rotatable bonds is 6. The van der Waals surface area contributed by atoms with Gasteiger partial charge >= 0.3 is 6.03 Å². The number of piperidine rings is 1. The van der Waals surface area contributed by atoms with Crippen molar-refractivity contribution in [3.63, 3.8) is 0 Å². The van der Waals surface area contributed by atoms with Crippen molar-refractivity contribution in [1.82, 2.24) is 20.6 Å². The summed E-state index contributed by atoms with van der Waals surface area (Å²) in [4.78, 5) is 22.7. The number of urea groups is 1. The molecule has 0 saturated carbocycles. The van der Waals surface area contributed by atoms with Gasteiger partial charge in [-0.1, -0.05) is 30.3 Å². The molecular weight excluding hydrogens is 314 g/mol. The molecule has 6 heteroatoms. The van der Waals surface area contributed by atoms with E-state index in [1.807, 2.05) is 24.3 Å². The Morgan fingerprint density at radius 1 is 1.04 bits per heavy atom. The number of hydrogen-bond acceptors (Lipinski definition) is 4. The predicted molar refractivity (Wildman–Crippen MR) is 98.5 cm³/mol. The molecule has 0 radical (unpaired) electrons. The molecule has 2 heterocycles. The summed E-state index contributed by atoms with van der Waals surface area (Å²) >= 11 is 0. The third kappa shape index (κ3) is 5.45. The molecule has 2 amide bonds. The Labute approximate surface area is 148 Å². The highest BCUT2D eigenvalue weighted by atomic mass is 16.2. The molecule has 2 aromatic rings. The monoisotopic (exact) mass is 339 g/mol. The van der Waals surface area contributed by atoms with Gasteiger partial charge in [-0.25, -0.2) is 14.8 Å². The Bertz CT molecular complexity index is 641. The van der Waals surface area contributed by atoms with Crippen LogP contribution in [-0.4, -0.2) is 42.2 Å². The lowest BCUT2D eigenvalue weighted by atomic mass is 9.97. The highest BCUT2D eigenvalue weighted by molar-refractivity contribution is 5.73. The second-order valence-corrected chi connectivity index (χ2v) is 6.35. The molecule has 2 N–H and O–H groups in total. The van der Waals surface area contributed by atoms with Gasteiger partial charge in [0.15, 0.2) is 0 Å². The van der Waals surface area contributed by atoms with Crippen molar-refractivity contribution in [2.24, 2.45) is 5.92 Å². The second kappa shape index (κ2) is 9.01. The van der Waals surface area contributed by atoms with Crippen LogP contribution >= 0.6 is 0 Å². The van der Waals surface area contributed by atoms with Gasteiger partial charge in [0.05, 0.1) is 0 Å². The topological polar surface area (TPSA) is 70.2 Å². The smallest absolute Gasteiger partial charge is 0.314 e. The second-order valence-electron chi connectivity index (χ2n) is 6.35. The van der Waals surface area contributed by atoms with Crippen molar-refractivity contribution in [2.75, 3.05) is 31.1 Å². The highest BCUT2D eigenvalue weighted by Gasteiger charge is 2.21. The van der Waals surface area contributed by atoms with Crippen LogP contribution in [0.2, 0.25) is 0 Å². The maximum Gasteiger partial charge on any atom is 0.314 e.